The van der Waals surface area contributed by atoms with E-state index >= 15 is 0 Å². The van der Waals surface area contributed by atoms with Crippen molar-refractivity contribution in [2.24, 2.45) is 0 Å². The second-order valence-corrected chi connectivity index (χ2v) is 5.43. The number of ketones is 1. The summed E-state index contributed by atoms with van der Waals surface area (Å²) in [5.41, 5.74) is 1.40. The Morgan fingerprint density at radius 2 is 1.85 bits per heavy atom. The van der Waals surface area contributed by atoms with E-state index < -0.39 is 6.61 Å². The molecule has 1 aromatic heterocycles. The summed E-state index contributed by atoms with van der Waals surface area (Å²) < 4.78 is 31.1. The number of rotatable bonds is 7. The molecule has 6 nitrogen and oxygen atoms in total. The minimum atomic E-state index is -2.92. The van der Waals surface area contributed by atoms with Crippen LogP contribution in [0.1, 0.15) is 23.0 Å². The first-order valence-electron chi connectivity index (χ1n) is 7.85. The van der Waals surface area contributed by atoms with Crippen LogP contribution >= 0.6 is 0 Å². The Morgan fingerprint density at radius 3 is 2.54 bits per heavy atom. The number of hydrogen-bond acceptors (Lipinski definition) is 5. The van der Waals surface area contributed by atoms with Gasteiger partial charge in [-0.3, -0.25) is 4.79 Å². The first-order valence-corrected chi connectivity index (χ1v) is 7.85. The normalized spacial score (nSPS) is 10.8. The molecule has 0 fully saturated rings. The molecule has 0 unspecified atom stereocenters. The van der Waals surface area contributed by atoms with E-state index in [0.717, 1.165) is 0 Å². The third kappa shape index (κ3) is 3.85. The van der Waals surface area contributed by atoms with Gasteiger partial charge in [-0.2, -0.15) is 13.5 Å². The van der Waals surface area contributed by atoms with E-state index in [1.165, 1.54) is 17.7 Å². The van der Waals surface area contributed by atoms with Gasteiger partial charge in [-0.15, -0.1) is 5.10 Å². The highest BCUT2D eigenvalue weighted by Gasteiger charge is 2.18. The number of hydrogen-bond donors (Lipinski definition) is 1. The lowest BCUT2D eigenvalue weighted by Crippen LogP contribution is -2.11. The number of nitrogens with zero attached hydrogens (tertiary/aromatic N) is 3. The summed E-state index contributed by atoms with van der Waals surface area (Å²) in [5, 5.41) is 11.0. The fourth-order valence-electron chi connectivity index (χ4n) is 2.47. The van der Waals surface area contributed by atoms with Crippen LogP contribution in [0.15, 0.2) is 54.6 Å². The van der Waals surface area contributed by atoms with E-state index in [0.29, 0.717) is 17.1 Å². The second-order valence-electron chi connectivity index (χ2n) is 5.43. The quantitative estimate of drug-likeness (QED) is 0.653. The number of nitrogens with one attached hydrogen (secondary N) is 1. The number of carbonyl (C=O) groups is 1. The molecule has 0 saturated carbocycles. The largest absolute Gasteiger partial charge is 0.434 e. The standard InChI is InChI=1S/C18H16F2N4O2/c1-12(25)16-17(24(23-22-16)14-8-3-2-4-9-14)21-11-13-7-5-6-10-15(13)26-18(19)20/h2-10,18,21H,11H2,1H3. The first-order chi connectivity index (χ1) is 12.6. The predicted octanol–water partition coefficient (Wildman–Crippen LogP) is 3.68. The van der Waals surface area contributed by atoms with E-state index in [2.05, 4.69) is 20.4 Å². The Hall–Kier alpha value is -3.29. The van der Waals surface area contributed by atoms with E-state index in [1.807, 2.05) is 30.3 Å². The van der Waals surface area contributed by atoms with Crippen molar-refractivity contribution in [2.45, 2.75) is 20.1 Å². The van der Waals surface area contributed by atoms with Crippen LogP contribution in [0.25, 0.3) is 5.69 Å². The minimum Gasteiger partial charge on any atom is -0.434 e. The number of aromatic nitrogens is 3. The van der Waals surface area contributed by atoms with Crippen LogP contribution in [0, 0.1) is 0 Å². The van der Waals surface area contributed by atoms with Gasteiger partial charge in [0.05, 0.1) is 5.69 Å². The number of Topliss-reactive ketones (excluding diaryl/α,β-unsaturated/α-hetero) is 1. The highest BCUT2D eigenvalue weighted by Crippen LogP contribution is 2.24. The average Bonchev–Trinajstić information content (AvgIpc) is 3.05. The third-order valence-electron chi connectivity index (χ3n) is 3.64. The monoisotopic (exact) mass is 358 g/mol. The number of alkyl halides is 2. The van der Waals surface area contributed by atoms with Crippen LogP contribution in [0.4, 0.5) is 14.6 Å². The van der Waals surface area contributed by atoms with Crippen molar-refractivity contribution in [3.8, 4) is 11.4 Å². The molecule has 3 rings (SSSR count). The van der Waals surface area contributed by atoms with Gasteiger partial charge < -0.3 is 10.1 Å². The lowest BCUT2D eigenvalue weighted by Gasteiger charge is -2.13. The zero-order chi connectivity index (χ0) is 18.5. The zero-order valence-electron chi connectivity index (χ0n) is 13.9. The van der Waals surface area contributed by atoms with Gasteiger partial charge in [0.2, 0.25) is 0 Å². The molecule has 0 aliphatic carbocycles. The van der Waals surface area contributed by atoms with Gasteiger partial charge in [0.25, 0.3) is 0 Å². The molecule has 134 valence electrons. The molecule has 2 aromatic carbocycles. The van der Waals surface area contributed by atoms with Crippen molar-refractivity contribution in [2.75, 3.05) is 5.32 Å². The molecule has 8 heteroatoms. The van der Waals surface area contributed by atoms with Crippen LogP contribution in [0.5, 0.6) is 5.75 Å². The van der Waals surface area contributed by atoms with E-state index in [1.54, 1.807) is 18.2 Å². The summed E-state index contributed by atoms with van der Waals surface area (Å²) in [7, 11) is 0. The highest BCUT2D eigenvalue weighted by atomic mass is 19.3. The van der Waals surface area contributed by atoms with Gasteiger partial charge in [-0.1, -0.05) is 41.6 Å². The highest BCUT2D eigenvalue weighted by molar-refractivity contribution is 5.96. The average molecular weight is 358 g/mol. The summed E-state index contributed by atoms with van der Waals surface area (Å²) >= 11 is 0. The van der Waals surface area contributed by atoms with Crippen LogP contribution in [-0.2, 0) is 6.54 Å². The number of halogens is 2. The third-order valence-corrected chi connectivity index (χ3v) is 3.64. The number of carbonyl (C=O) groups excluding carboxylic acids is 1. The Morgan fingerprint density at radius 1 is 1.15 bits per heavy atom. The van der Waals surface area contributed by atoms with Crippen molar-refractivity contribution in [1.82, 2.24) is 15.0 Å². The van der Waals surface area contributed by atoms with Crippen molar-refractivity contribution >= 4 is 11.6 Å². The summed E-state index contributed by atoms with van der Waals surface area (Å²) in [4.78, 5) is 11.9. The van der Waals surface area contributed by atoms with Gasteiger partial charge in [0.15, 0.2) is 17.3 Å². The van der Waals surface area contributed by atoms with Crippen LogP contribution in [0.2, 0.25) is 0 Å². The summed E-state index contributed by atoms with van der Waals surface area (Å²) in [6, 6.07) is 15.6. The van der Waals surface area contributed by atoms with Gasteiger partial charge in [0, 0.05) is 19.0 Å². The van der Waals surface area contributed by atoms with Crippen LogP contribution < -0.4 is 10.1 Å². The second kappa shape index (κ2) is 7.73. The number of anilines is 1. The summed E-state index contributed by atoms with van der Waals surface area (Å²) in [5.74, 6) is 0.195. The lowest BCUT2D eigenvalue weighted by molar-refractivity contribution is -0.0504. The fraction of sp³-hybridized carbons (Fsp3) is 0.167. The molecule has 3 aromatic rings. The molecule has 0 atom stereocenters. The molecule has 26 heavy (non-hydrogen) atoms. The molecule has 0 spiro atoms. The SMILES string of the molecule is CC(=O)c1nnn(-c2ccccc2)c1NCc1ccccc1OC(F)F. The molecule has 0 aliphatic rings. The molecule has 1 heterocycles. The van der Waals surface area contributed by atoms with Gasteiger partial charge >= 0.3 is 6.61 Å². The lowest BCUT2D eigenvalue weighted by atomic mass is 10.2. The molecule has 0 amide bonds. The van der Waals surface area contributed by atoms with Gasteiger partial charge in [-0.25, -0.2) is 0 Å². The maximum absolute atomic E-state index is 12.6. The molecule has 1 N–H and O–H groups in total. The van der Waals surface area contributed by atoms with Crippen LogP contribution in [0.3, 0.4) is 0 Å². The fourth-order valence-corrected chi connectivity index (χ4v) is 2.47. The number of ether oxygens (including phenoxy) is 1. The molecule has 0 saturated heterocycles. The molecule has 0 radical (unpaired) electrons. The molecule has 0 bridgehead atoms. The smallest absolute Gasteiger partial charge is 0.387 e. The van der Waals surface area contributed by atoms with Crippen molar-refractivity contribution in [3.63, 3.8) is 0 Å². The predicted molar refractivity (Wildman–Crippen MR) is 91.8 cm³/mol. The van der Waals surface area contributed by atoms with E-state index in [-0.39, 0.29) is 23.8 Å². The Labute approximate surface area is 148 Å². The first kappa shape index (κ1) is 17.5. The van der Waals surface area contributed by atoms with E-state index in [9.17, 15) is 13.6 Å². The Balaban J connectivity index is 1.91. The summed E-state index contributed by atoms with van der Waals surface area (Å²) in [6.45, 7) is -1.37. The molecular weight excluding hydrogens is 342 g/mol. The zero-order valence-corrected chi connectivity index (χ0v) is 13.9. The van der Waals surface area contributed by atoms with Crippen molar-refractivity contribution in [1.29, 1.82) is 0 Å². The molecular formula is C18H16F2N4O2. The maximum Gasteiger partial charge on any atom is 0.387 e. The topological polar surface area (TPSA) is 69.0 Å². The molecule has 0 aliphatic heterocycles. The van der Waals surface area contributed by atoms with E-state index in [4.69, 9.17) is 0 Å². The number of benzene rings is 2. The van der Waals surface area contributed by atoms with Gasteiger partial charge in [0.1, 0.15) is 5.75 Å². The van der Waals surface area contributed by atoms with Crippen LogP contribution in [-0.4, -0.2) is 27.4 Å². The Kier molecular flexibility index (Phi) is 5.21. The maximum atomic E-state index is 12.6. The van der Waals surface area contributed by atoms with Crippen molar-refractivity contribution in [3.05, 3.63) is 65.9 Å². The number of para-hydroxylation sites is 2. The van der Waals surface area contributed by atoms with Gasteiger partial charge in [-0.05, 0) is 18.2 Å². The minimum absolute atomic E-state index is 0.0677. The summed E-state index contributed by atoms with van der Waals surface area (Å²) in [6.07, 6.45) is 0. The van der Waals surface area contributed by atoms with Crippen molar-refractivity contribution < 1.29 is 18.3 Å². The Bertz CT molecular complexity index is 897.